The first-order chi connectivity index (χ1) is 7.88. The minimum atomic E-state index is 0.551. The van der Waals surface area contributed by atoms with E-state index in [2.05, 4.69) is 17.3 Å². The molecule has 1 saturated heterocycles. The van der Waals surface area contributed by atoms with Crippen LogP contribution >= 0.6 is 0 Å². The molecule has 1 N–H and O–H groups in total. The zero-order valence-electron chi connectivity index (χ0n) is 9.98. The predicted molar refractivity (Wildman–Crippen MR) is 63.2 cm³/mol. The van der Waals surface area contributed by atoms with Crippen molar-refractivity contribution in [1.82, 2.24) is 15.1 Å². The SMILES string of the molecule is CCn1cc(COCC2CCCCN2)cn1. The summed E-state index contributed by atoms with van der Waals surface area (Å²) in [5, 5.41) is 7.70. The van der Waals surface area contributed by atoms with Gasteiger partial charge in [0, 0.05) is 24.3 Å². The quantitative estimate of drug-likeness (QED) is 0.823. The van der Waals surface area contributed by atoms with Gasteiger partial charge in [0.2, 0.25) is 0 Å². The van der Waals surface area contributed by atoms with Crippen LogP contribution in [-0.2, 0) is 17.9 Å². The molecule has 1 atom stereocenters. The maximum absolute atomic E-state index is 5.70. The fourth-order valence-corrected chi connectivity index (χ4v) is 2.04. The zero-order valence-corrected chi connectivity index (χ0v) is 9.98. The number of nitrogens with zero attached hydrogens (tertiary/aromatic N) is 2. The van der Waals surface area contributed by atoms with E-state index in [1.54, 1.807) is 0 Å². The smallest absolute Gasteiger partial charge is 0.0748 e. The van der Waals surface area contributed by atoms with Crippen LogP contribution in [0, 0.1) is 0 Å². The van der Waals surface area contributed by atoms with Gasteiger partial charge in [0.05, 0.1) is 19.4 Å². The highest BCUT2D eigenvalue weighted by atomic mass is 16.5. The number of ether oxygens (including phenoxy) is 1. The molecule has 0 saturated carbocycles. The third-order valence-electron chi connectivity index (χ3n) is 3.01. The third kappa shape index (κ3) is 3.32. The van der Waals surface area contributed by atoms with Gasteiger partial charge in [-0.2, -0.15) is 5.10 Å². The lowest BCUT2D eigenvalue weighted by Gasteiger charge is -2.22. The Labute approximate surface area is 97.0 Å². The van der Waals surface area contributed by atoms with E-state index in [9.17, 15) is 0 Å². The highest BCUT2D eigenvalue weighted by Gasteiger charge is 2.12. The summed E-state index contributed by atoms with van der Waals surface area (Å²) in [6, 6.07) is 0.551. The molecule has 2 heterocycles. The Morgan fingerprint density at radius 3 is 3.19 bits per heavy atom. The van der Waals surface area contributed by atoms with E-state index in [1.165, 1.54) is 19.3 Å². The fourth-order valence-electron chi connectivity index (χ4n) is 2.04. The lowest BCUT2D eigenvalue weighted by Crippen LogP contribution is -2.37. The molecule has 1 aliphatic rings. The Bertz CT molecular complexity index is 305. The Morgan fingerprint density at radius 2 is 2.50 bits per heavy atom. The number of hydrogen-bond acceptors (Lipinski definition) is 3. The van der Waals surface area contributed by atoms with Crippen molar-refractivity contribution < 1.29 is 4.74 Å². The molecule has 1 aliphatic heterocycles. The van der Waals surface area contributed by atoms with Crippen LogP contribution in [0.3, 0.4) is 0 Å². The summed E-state index contributed by atoms with van der Waals surface area (Å²) in [5.74, 6) is 0. The van der Waals surface area contributed by atoms with Crippen molar-refractivity contribution in [2.24, 2.45) is 0 Å². The molecule has 4 nitrogen and oxygen atoms in total. The molecular formula is C12H21N3O. The van der Waals surface area contributed by atoms with E-state index < -0.39 is 0 Å². The van der Waals surface area contributed by atoms with Crippen LogP contribution in [0.1, 0.15) is 31.7 Å². The van der Waals surface area contributed by atoms with Crippen molar-refractivity contribution in [3.8, 4) is 0 Å². The summed E-state index contributed by atoms with van der Waals surface area (Å²) in [6.07, 6.45) is 7.81. The Morgan fingerprint density at radius 1 is 1.56 bits per heavy atom. The highest BCUT2D eigenvalue weighted by Crippen LogP contribution is 2.08. The van der Waals surface area contributed by atoms with Crippen LogP contribution in [-0.4, -0.2) is 29.0 Å². The van der Waals surface area contributed by atoms with Crippen LogP contribution in [0.4, 0.5) is 0 Å². The molecule has 0 amide bonds. The standard InChI is InChI=1S/C12H21N3O/c1-2-15-8-11(7-14-15)9-16-10-12-5-3-4-6-13-12/h7-8,12-13H,2-6,9-10H2,1H3. The Hall–Kier alpha value is -0.870. The lowest BCUT2D eigenvalue weighted by atomic mass is 10.1. The first kappa shape index (κ1) is 11.6. The molecule has 1 aromatic heterocycles. The van der Waals surface area contributed by atoms with Crippen molar-refractivity contribution in [2.45, 2.75) is 45.4 Å². The molecule has 4 heteroatoms. The summed E-state index contributed by atoms with van der Waals surface area (Å²) < 4.78 is 7.63. The van der Waals surface area contributed by atoms with Crippen LogP contribution in [0.25, 0.3) is 0 Å². The number of nitrogens with one attached hydrogen (secondary N) is 1. The third-order valence-corrected chi connectivity index (χ3v) is 3.01. The van der Waals surface area contributed by atoms with Crippen LogP contribution in [0.15, 0.2) is 12.4 Å². The van der Waals surface area contributed by atoms with Crippen LogP contribution in [0.2, 0.25) is 0 Å². The van der Waals surface area contributed by atoms with E-state index in [4.69, 9.17) is 4.74 Å². The van der Waals surface area contributed by atoms with E-state index in [-0.39, 0.29) is 0 Å². The molecule has 90 valence electrons. The van der Waals surface area contributed by atoms with Gasteiger partial charge in [0.1, 0.15) is 0 Å². The van der Waals surface area contributed by atoms with Gasteiger partial charge in [-0.15, -0.1) is 0 Å². The molecule has 1 fully saturated rings. The molecule has 1 aromatic rings. The van der Waals surface area contributed by atoms with E-state index in [1.807, 2.05) is 17.1 Å². The average Bonchev–Trinajstić information content (AvgIpc) is 2.78. The lowest BCUT2D eigenvalue weighted by molar-refractivity contribution is 0.0911. The maximum Gasteiger partial charge on any atom is 0.0748 e. The van der Waals surface area contributed by atoms with Crippen molar-refractivity contribution >= 4 is 0 Å². The van der Waals surface area contributed by atoms with Gasteiger partial charge in [-0.3, -0.25) is 4.68 Å². The first-order valence-electron chi connectivity index (χ1n) is 6.21. The second kappa shape index (κ2) is 6.01. The molecule has 2 rings (SSSR count). The van der Waals surface area contributed by atoms with Gasteiger partial charge >= 0.3 is 0 Å². The van der Waals surface area contributed by atoms with Gasteiger partial charge in [-0.05, 0) is 26.3 Å². The topological polar surface area (TPSA) is 39.1 Å². The second-order valence-corrected chi connectivity index (χ2v) is 4.37. The van der Waals surface area contributed by atoms with E-state index in [0.717, 1.165) is 25.3 Å². The van der Waals surface area contributed by atoms with Gasteiger partial charge < -0.3 is 10.1 Å². The van der Waals surface area contributed by atoms with Crippen molar-refractivity contribution in [1.29, 1.82) is 0 Å². The minimum absolute atomic E-state index is 0.551. The fraction of sp³-hybridized carbons (Fsp3) is 0.750. The largest absolute Gasteiger partial charge is 0.375 e. The molecular weight excluding hydrogens is 202 g/mol. The van der Waals surface area contributed by atoms with Crippen LogP contribution in [0.5, 0.6) is 0 Å². The normalized spacial score (nSPS) is 21.2. The van der Waals surface area contributed by atoms with Crippen molar-refractivity contribution in [3.63, 3.8) is 0 Å². The van der Waals surface area contributed by atoms with E-state index in [0.29, 0.717) is 12.6 Å². The summed E-state index contributed by atoms with van der Waals surface area (Å²) in [4.78, 5) is 0. The zero-order chi connectivity index (χ0) is 11.2. The number of aromatic nitrogens is 2. The molecule has 0 radical (unpaired) electrons. The van der Waals surface area contributed by atoms with Crippen molar-refractivity contribution in [2.75, 3.05) is 13.2 Å². The summed E-state index contributed by atoms with van der Waals surface area (Å²) >= 11 is 0. The summed E-state index contributed by atoms with van der Waals surface area (Å²) in [6.45, 7) is 5.64. The highest BCUT2D eigenvalue weighted by molar-refractivity contribution is 5.01. The summed E-state index contributed by atoms with van der Waals surface area (Å²) in [5.41, 5.74) is 1.16. The van der Waals surface area contributed by atoms with E-state index >= 15 is 0 Å². The maximum atomic E-state index is 5.70. The number of aryl methyl sites for hydroxylation is 1. The first-order valence-corrected chi connectivity index (χ1v) is 6.21. The Kier molecular flexibility index (Phi) is 4.36. The van der Waals surface area contributed by atoms with Gasteiger partial charge in [-0.25, -0.2) is 0 Å². The van der Waals surface area contributed by atoms with Crippen molar-refractivity contribution in [3.05, 3.63) is 18.0 Å². The molecule has 0 bridgehead atoms. The molecule has 0 aliphatic carbocycles. The number of hydrogen-bond donors (Lipinski definition) is 1. The molecule has 1 unspecified atom stereocenters. The molecule has 0 aromatic carbocycles. The average molecular weight is 223 g/mol. The predicted octanol–water partition coefficient (Wildman–Crippen LogP) is 1.56. The number of piperidine rings is 1. The molecule has 16 heavy (non-hydrogen) atoms. The van der Waals surface area contributed by atoms with Crippen LogP contribution < -0.4 is 5.32 Å². The second-order valence-electron chi connectivity index (χ2n) is 4.37. The minimum Gasteiger partial charge on any atom is -0.375 e. The Balaban J connectivity index is 1.66. The van der Waals surface area contributed by atoms with Gasteiger partial charge in [0.25, 0.3) is 0 Å². The molecule has 0 spiro atoms. The van der Waals surface area contributed by atoms with Gasteiger partial charge in [0.15, 0.2) is 0 Å². The van der Waals surface area contributed by atoms with Gasteiger partial charge in [-0.1, -0.05) is 6.42 Å². The monoisotopic (exact) mass is 223 g/mol. The number of rotatable bonds is 5. The summed E-state index contributed by atoms with van der Waals surface area (Å²) in [7, 11) is 0.